The Morgan fingerprint density at radius 1 is 1.25 bits per heavy atom. The second-order valence-corrected chi connectivity index (χ2v) is 5.29. The Balaban J connectivity index is 2.19. The third-order valence-electron chi connectivity index (χ3n) is 3.73. The van der Waals surface area contributed by atoms with Gasteiger partial charge in [-0.15, -0.1) is 0 Å². The van der Waals surface area contributed by atoms with E-state index in [9.17, 15) is 10.1 Å². The van der Waals surface area contributed by atoms with E-state index in [0.717, 1.165) is 24.5 Å². The summed E-state index contributed by atoms with van der Waals surface area (Å²) in [5.41, 5.74) is 1.62. The monoisotopic (exact) mass is 323 g/mol. The second kappa shape index (κ2) is 8.02. The highest BCUT2D eigenvalue weighted by Gasteiger charge is 2.13. The topological polar surface area (TPSA) is 69.3 Å². The minimum absolute atomic E-state index is 0.00120. The number of anilines is 2. The number of nitrogens with zero attached hydrogens (tertiary/aromatic N) is 2. The molecule has 0 atom stereocenters. The van der Waals surface area contributed by atoms with Crippen molar-refractivity contribution in [3.05, 3.63) is 53.3 Å². The zero-order valence-corrected chi connectivity index (χ0v) is 14.2. The molecule has 0 bridgehead atoms. The van der Waals surface area contributed by atoms with E-state index < -0.39 is 5.91 Å². The number of hydrogen-bond donors (Lipinski definition) is 1. The predicted molar refractivity (Wildman–Crippen MR) is 95.7 cm³/mol. The van der Waals surface area contributed by atoms with E-state index in [1.54, 1.807) is 12.1 Å². The summed E-state index contributed by atoms with van der Waals surface area (Å²) in [5, 5.41) is 12.0. The molecule has 2 aromatic rings. The summed E-state index contributed by atoms with van der Waals surface area (Å²) in [4.78, 5) is 14.4. The molecule has 124 valence electrons. The number of carbonyl (C=O) groups excluding carboxylic acids is 1. The summed E-state index contributed by atoms with van der Waals surface area (Å²) in [6, 6.07) is 13.0. The van der Waals surface area contributed by atoms with Crippen molar-refractivity contribution in [1.29, 1.82) is 5.26 Å². The Labute approximate surface area is 142 Å². The highest BCUT2D eigenvalue weighted by Crippen LogP contribution is 2.21. The highest BCUT2D eigenvalue weighted by molar-refractivity contribution is 6.09. The lowest BCUT2D eigenvalue weighted by molar-refractivity contribution is -0.112. The maximum Gasteiger partial charge on any atom is 0.266 e. The first-order valence-electron chi connectivity index (χ1n) is 7.92. The third kappa shape index (κ3) is 4.05. The smallest absolute Gasteiger partial charge is 0.266 e. The molecule has 0 aliphatic rings. The number of para-hydroxylation sites is 1. The van der Waals surface area contributed by atoms with Gasteiger partial charge in [0.2, 0.25) is 0 Å². The van der Waals surface area contributed by atoms with Crippen LogP contribution in [0, 0.1) is 18.3 Å². The first-order valence-corrected chi connectivity index (χ1v) is 7.92. The fraction of sp³-hybridized carbons (Fsp3) is 0.263. The molecule has 0 aliphatic carbocycles. The lowest BCUT2D eigenvalue weighted by Gasteiger charge is -2.16. The fourth-order valence-electron chi connectivity index (χ4n) is 2.32. The van der Waals surface area contributed by atoms with Crippen LogP contribution in [0.5, 0.6) is 0 Å². The number of nitrogens with one attached hydrogen (secondary N) is 1. The molecular formula is C19H21N3O2. The number of aryl methyl sites for hydroxylation is 1. The quantitative estimate of drug-likeness (QED) is 0.645. The SMILES string of the molecule is CCN(CC)c1ccc(/C=C(/C#N)C(=O)Nc2ccccc2C)o1. The first kappa shape index (κ1) is 17.4. The molecule has 0 saturated heterocycles. The van der Waals surface area contributed by atoms with Crippen LogP contribution in [-0.4, -0.2) is 19.0 Å². The summed E-state index contributed by atoms with van der Waals surface area (Å²) in [6.07, 6.45) is 1.46. The maximum absolute atomic E-state index is 12.3. The normalized spacial score (nSPS) is 11.0. The third-order valence-corrected chi connectivity index (χ3v) is 3.73. The van der Waals surface area contributed by atoms with Crippen LogP contribution in [0.4, 0.5) is 11.6 Å². The van der Waals surface area contributed by atoms with Crippen LogP contribution in [-0.2, 0) is 4.79 Å². The molecule has 0 spiro atoms. The average Bonchev–Trinajstić information content (AvgIpc) is 3.04. The van der Waals surface area contributed by atoms with Crippen LogP contribution in [0.2, 0.25) is 0 Å². The van der Waals surface area contributed by atoms with Crippen LogP contribution in [0.1, 0.15) is 25.2 Å². The van der Waals surface area contributed by atoms with Gasteiger partial charge < -0.3 is 14.6 Å². The van der Waals surface area contributed by atoms with Crippen molar-refractivity contribution in [3.8, 4) is 6.07 Å². The van der Waals surface area contributed by atoms with Gasteiger partial charge in [-0.1, -0.05) is 18.2 Å². The van der Waals surface area contributed by atoms with Crippen molar-refractivity contribution in [2.24, 2.45) is 0 Å². The number of amides is 1. The molecule has 5 heteroatoms. The molecule has 2 rings (SSSR count). The number of benzene rings is 1. The van der Waals surface area contributed by atoms with Gasteiger partial charge in [-0.25, -0.2) is 0 Å². The van der Waals surface area contributed by atoms with E-state index in [-0.39, 0.29) is 5.57 Å². The van der Waals surface area contributed by atoms with Crippen LogP contribution < -0.4 is 10.2 Å². The molecule has 0 radical (unpaired) electrons. The molecule has 1 N–H and O–H groups in total. The average molecular weight is 323 g/mol. The van der Waals surface area contributed by atoms with Gasteiger partial charge >= 0.3 is 0 Å². The van der Waals surface area contributed by atoms with E-state index in [1.807, 2.05) is 51.1 Å². The van der Waals surface area contributed by atoms with E-state index >= 15 is 0 Å². The molecule has 0 saturated carbocycles. The van der Waals surface area contributed by atoms with E-state index in [1.165, 1.54) is 6.08 Å². The van der Waals surface area contributed by atoms with Crippen LogP contribution in [0.3, 0.4) is 0 Å². The van der Waals surface area contributed by atoms with Crippen LogP contribution in [0.15, 0.2) is 46.4 Å². The summed E-state index contributed by atoms with van der Waals surface area (Å²) in [5.74, 6) is 0.754. The van der Waals surface area contributed by atoms with E-state index in [4.69, 9.17) is 4.42 Å². The second-order valence-electron chi connectivity index (χ2n) is 5.29. The number of hydrogen-bond acceptors (Lipinski definition) is 4. The van der Waals surface area contributed by atoms with Crippen molar-refractivity contribution in [3.63, 3.8) is 0 Å². The number of carbonyl (C=O) groups is 1. The maximum atomic E-state index is 12.3. The standard InChI is InChI=1S/C19H21N3O2/c1-4-22(5-2)18-11-10-16(24-18)12-15(13-20)19(23)21-17-9-7-6-8-14(17)3/h6-12H,4-5H2,1-3H3,(H,21,23)/b15-12-. The molecule has 0 unspecified atom stereocenters. The molecule has 24 heavy (non-hydrogen) atoms. The number of furan rings is 1. The zero-order chi connectivity index (χ0) is 17.5. The minimum atomic E-state index is -0.451. The lowest BCUT2D eigenvalue weighted by atomic mass is 10.2. The van der Waals surface area contributed by atoms with Gasteiger partial charge in [0, 0.05) is 30.9 Å². The fourth-order valence-corrected chi connectivity index (χ4v) is 2.32. The Hall–Kier alpha value is -3.00. The Morgan fingerprint density at radius 2 is 1.96 bits per heavy atom. The Kier molecular flexibility index (Phi) is 5.80. The van der Waals surface area contributed by atoms with Crippen LogP contribution >= 0.6 is 0 Å². The van der Waals surface area contributed by atoms with Crippen molar-refractivity contribution >= 4 is 23.6 Å². The van der Waals surface area contributed by atoms with Gasteiger partial charge in [0.15, 0.2) is 5.88 Å². The van der Waals surface area contributed by atoms with Gasteiger partial charge in [-0.2, -0.15) is 5.26 Å². The van der Waals surface area contributed by atoms with Gasteiger partial charge in [0.05, 0.1) is 0 Å². The van der Waals surface area contributed by atoms with E-state index in [0.29, 0.717) is 11.4 Å². The van der Waals surface area contributed by atoms with Gasteiger partial charge in [0.1, 0.15) is 17.4 Å². The predicted octanol–water partition coefficient (Wildman–Crippen LogP) is 3.98. The van der Waals surface area contributed by atoms with Crippen LogP contribution in [0.25, 0.3) is 6.08 Å². The number of nitriles is 1. The zero-order valence-electron chi connectivity index (χ0n) is 14.2. The number of rotatable bonds is 6. The molecule has 1 amide bonds. The van der Waals surface area contributed by atoms with Crippen molar-refractivity contribution in [2.45, 2.75) is 20.8 Å². The van der Waals surface area contributed by atoms with E-state index in [2.05, 4.69) is 10.2 Å². The van der Waals surface area contributed by atoms with Crippen molar-refractivity contribution in [2.75, 3.05) is 23.3 Å². The Bertz CT molecular complexity index is 780. The van der Waals surface area contributed by atoms with Crippen molar-refractivity contribution < 1.29 is 9.21 Å². The minimum Gasteiger partial charge on any atom is -0.441 e. The summed E-state index contributed by atoms with van der Waals surface area (Å²) < 4.78 is 5.70. The molecule has 1 aromatic carbocycles. The lowest BCUT2D eigenvalue weighted by Crippen LogP contribution is -2.20. The molecular weight excluding hydrogens is 302 g/mol. The Morgan fingerprint density at radius 3 is 2.58 bits per heavy atom. The summed E-state index contributed by atoms with van der Waals surface area (Å²) >= 11 is 0. The van der Waals surface area contributed by atoms with Gasteiger partial charge in [-0.05, 0) is 38.5 Å². The molecule has 0 aliphatic heterocycles. The highest BCUT2D eigenvalue weighted by atomic mass is 16.4. The van der Waals surface area contributed by atoms with Gasteiger partial charge in [0.25, 0.3) is 5.91 Å². The molecule has 5 nitrogen and oxygen atoms in total. The molecule has 0 fully saturated rings. The largest absolute Gasteiger partial charge is 0.441 e. The summed E-state index contributed by atoms with van der Waals surface area (Å²) in [6.45, 7) is 7.63. The summed E-state index contributed by atoms with van der Waals surface area (Å²) in [7, 11) is 0. The first-order chi connectivity index (χ1) is 11.6. The molecule has 1 heterocycles. The van der Waals surface area contributed by atoms with Gasteiger partial charge in [-0.3, -0.25) is 4.79 Å². The van der Waals surface area contributed by atoms with Crippen molar-refractivity contribution in [1.82, 2.24) is 0 Å². The molecule has 1 aromatic heterocycles.